The van der Waals surface area contributed by atoms with Crippen molar-refractivity contribution >= 4 is 24.9 Å². The van der Waals surface area contributed by atoms with E-state index in [4.69, 9.17) is 61.7 Å². The first-order valence-electron chi connectivity index (χ1n) is 15.5. The quantitative estimate of drug-likeness (QED) is 0.0327. The van der Waals surface area contributed by atoms with Gasteiger partial charge in [-0.25, -0.2) is 0 Å². The summed E-state index contributed by atoms with van der Waals surface area (Å²) in [6.45, 7) is 1.32. The number of nitrogens with zero attached hydrogens (tertiary/aromatic N) is 2. The van der Waals surface area contributed by atoms with Crippen molar-refractivity contribution < 1.29 is 85.8 Å². The second kappa shape index (κ2) is 29.7. The summed E-state index contributed by atoms with van der Waals surface area (Å²) in [5.41, 5.74) is -0.281. The van der Waals surface area contributed by atoms with E-state index in [1.54, 1.807) is 6.92 Å². The maximum atomic E-state index is 12.0. The lowest BCUT2D eigenvalue weighted by molar-refractivity contribution is -0.394. The van der Waals surface area contributed by atoms with Gasteiger partial charge in [0.15, 0.2) is 47.6 Å². The third kappa shape index (κ3) is 24.9. The summed E-state index contributed by atoms with van der Waals surface area (Å²) in [7, 11) is -4.03. The van der Waals surface area contributed by atoms with Crippen molar-refractivity contribution in [1.29, 1.82) is 0 Å². The molecule has 51 heavy (non-hydrogen) atoms. The monoisotopic (exact) mass is 762 g/mol. The summed E-state index contributed by atoms with van der Waals surface area (Å²) in [4.78, 5) is 41.5. The molecule has 0 spiro atoms. The molecule has 0 bridgehead atoms. The average Bonchev–Trinajstić information content (AvgIpc) is 3.09. The molecule has 0 saturated carbocycles. The van der Waals surface area contributed by atoms with Crippen LogP contribution in [0.25, 0.3) is 0 Å². The number of benzene rings is 1. The molecule has 1 aromatic rings. The first-order valence-corrected chi connectivity index (χ1v) is 17.3. The summed E-state index contributed by atoms with van der Waals surface area (Å²) in [6, 6.07) is 3.52. The lowest BCUT2D eigenvalue weighted by Crippen LogP contribution is -2.19. The van der Waals surface area contributed by atoms with Crippen LogP contribution in [0.5, 0.6) is 0 Å². The zero-order valence-electron chi connectivity index (χ0n) is 28.3. The molecule has 2 atom stereocenters. The fourth-order valence-corrected chi connectivity index (χ4v) is 5.12. The number of nitro groups is 2. The number of rotatable bonds is 36. The number of ether oxygens (including phenoxy) is 11. The van der Waals surface area contributed by atoms with Crippen molar-refractivity contribution in [3.05, 3.63) is 44.0 Å². The van der Waals surface area contributed by atoms with Crippen LogP contribution < -0.4 is 0 Å². The van der Waals surface area contributed by atoms with E-state index in [0.29, 0.717) is 24.8 Å². The van der Waals surface area contributed by atoms with Gasteiger partial charge >= 0.3 is 13.6 Å². The fourth-order valence-electron chi connectivity index (χ4n) is 3.76. The van der Waals surface area contributed by atoms with Crippen LogP contribution in [0.4, 0.5) is 11.4 Å². The number of carboxylic acid groups (broad SMARTS) is 1. The van der Waals surface area contributed by atoms with Gasteiger partial charge in [-0.3, -0.25) is 29.6 Å². The molecular weight excluding hydrogens is 715 g/mol. The third-order valence-electron chi connectivity index (χ3n) is 6.04. The Balaban J connectivity index is 1.80. The van der Waals surface area contributed by atoms with Gasteiger partial charge in [-0.2, -0.15) is 0 Å². The predicted octanol–water partition coefficient (Wildman–Crippen LogP) is 2.94. The summed E-state index contributed by atoms with van der Waals surface area (Å²) < 4.78 is 73.1. The van der Waals surface area contributed by atoms with Gasteiger partial charge < -0.3 is 66.6 Å². The van der Waals surface area contributed by atoms with E-state index in [2.05, 4.69) is 0 Å². The van der Waals surface area contributed by atoms with Crippen molar-refractivity contribution in [3.63, 3.8) is 0 Å². The highest BCUT2D eigenvalue weighted by molar-refractivity contribution is 7.52. The van der Waals surface area contributed by atoms with Crippen LogP contribution in [-0.4, -0.2) is 126 Å². The van der Waals surface area contributed by atoms with Crippen LogP contribution in [-0.2, 0) is 72.4 Å². The average molecular weight is 763 g/mol. The molecule has 1 aromatic carbocycles. The topological polar surface area (TPSA) is 272 Å². The zero-order chi connectivity index (χ0) is 37.6. The van der Waals surface area contributed by atoms with Gasteiger partial charge in [-0.15, -0.1) is 0 Å². The highest BCUT2D eigenvalue weighted by Gasteiger charge is 2.29. The Bertz CT molecular complexity index is 1150. The Kier molecular flexibility index (Phi) is 27.0. The fraction of sp³-hybridized carbons (Fsp3) is 0.750. The van der Waals surface area contributed by atoms with Crippen LogP contribution in [0.3, 0.4) is 0 Å². The number of hydrogen-bond donors (Lipinski definition) is 2. The second-order valence-corrected chi connectivity index (χ2v) is 11.9. The number of aryl methyl sites for hydroxylation is 1. The number of non-ortho nitro benzene ring substituents is 1. The first-order chi connectivity index (χ1) is 24.6. The Hall–Kier alpha value is -2.80. The van der Waals surface area contributed by atoms with E-state index in [1.807, 2.05) is 0 Å². The number of nitro benzene ring substituents is 2. The molecule has 0 heterocycles. The van der Waals surface area contributed by atoms with Crippen molar-refractivity contribution in [3.8, 4) is 0 Å². The molecule has 23 heteroatoms. The van der Waals surface area contributed by atoms with Gasteiger partial charge in [0, 0.05) is 18.2 Å². The van der Waals surface area contributed by atoms with Crippen molar-refractivity contribution in [2.24, 2.45) is 5.92 Å². The minimum Gasteiger partial charge on any atom is -0.481 e. The summed E-state index contributed by atoms with van der Waals surface area (Å²) in [5.74, 6) is -2.06. The minimum atomic E-state index is -4.03. The molecule has 22 nitrogen and oxygen atoms in total. The van der Waals surface area contributed by atoms with Gasteiger partial charge in [-0.05, 0) is 25.3 Å². The molecule has 1 rings (SSSR count). The molecule has 0 saturated heterocycles. The molecule has 0 aliphatic rings. The molecule has 2 N–H and O–H groups in total. The van der Waals surface area contributed by atoms with Crippen LogP contribution in [0.1, 0.15) is 31.7 Å². The molecule has 0 aliphatic heterocycles. The highest BCUT2D eigenvalue weighted by atomic mass is 31.2. The Morgan fingerprint density at radius 2 is 1.20 bits per heavy atom. The van der Waals surface area contributed by atoms with Crippen LogP contribution >= 0.6 is 7.60 Å². The molecule has 0 amide bonds. The molecule has 0 fully saturated rings. The van der Waals surface area contributed by atoms with Crippen LogP contribution in [0.15, 0.2) is 18.2 Å². The lowest BCUT2D eigenvalue weighted by Gasteiger charge is -2.16. The van der Waals surface area contributed by atoms with E-state index in [-0.39, 0.29) is 112 Å². The normalized spacial score (nSPS) is 13.2. The molecular formula is C28H47N2O20P. The summed E-state index contributed by atoms with van der Waals surface area (Å²) >= 11 is 0. The van der Waals surface area contributed by atoms with E-state index in [1.165, 1.54) is 12.1 Å². The summed E-state index contributed by atoms with van der Waals surface area (Å²) in [5, 5.41) is 31.0. The van der Waals surface area contributed by atoms with Crippen LogP contribution in [0, 0.1) is 26.1 Å². The molecule has 2 unspecified atom stereocenters. The molecule has 0 aliphatic carbocycles. The Morgan fingerprint density at radius 3 is 1.67 bits per heavy atom. The smallest absolute Gasteiger partial charge is 0.329 e. The van der Waals surface area contributed by atoms with Gasteiger partial charge in [0.25, 0.3) is 11.4 Å². The SMILES string of the molecule is CCCC(CP(=O)(O)OCCOCCOCOCOCOCOCOCOCOCOCOCCCc1ccc([N+](=O)[O-])cc1[N+](=O)[O-])C(=O)O. The van der Waals surface area contributed by atoms with E-state index < -0.39 is 35.5 Å². The van der Waals surface area contributed by atoms with Crippen molar-refractivity contribution in [2.45, 2.75) is 32.6 Å². The van der Waals surface area contributed by atoms with E-state index in [9.17, 15) is 34.5 Å². The minimum absolute atomic E-state index is 0.0299. The van der Waals surface area contributed by atoms with E-state index in [0.717, 1.165) is 6.07 Å². The van der Waals surface area contributed by atoms with Crippen molar-refractivity contribution in [2.75, 3.05) is 100 Å². The van der Waals surface area contributed by atoms with E-state index >= 15 is 0 Å². The maximum absolute atomic E-state index is 12.0. The zero-order valence-corrected chi connectivity index (χ0v) is 29.2. The predicted molar refractivity (Wildman–Crippen MR) is 170 cm³/mol. The van der Waals surface area contributed by atoms with Gasteiger partial charge in [0.05, 0.1) is 54.4 Å². The molecule has 0 radical (unpaired) electrons. The maximum Gasteiger partial charge on any atom is 0.329 e. The second-order valence-electron chi connectivity index (χ2n) is 10.0. The Labute approximate surface area is 293 Å². The lowest BCUT2D eigenvalue weighted by atomic mass is 10.1. The number of carboxylic acids is 1. The van der Waals surface area contributed by atoms with Gasteiger partial charge in [0.1, 0.15) is 13.6 Å². The van der Waals surface area contributed by atoms with Gasteiger partial charge in [-0.1, -0.05) is 13.3 Å². The standard InChI is InChI=1S/C28H47N2O20P/c1-2-4-25(28(31)32)14-51(37,38)50-12-11-39-9-10-41-16-43-18-45-20-47-22-49-23-48-21-46-19-44-17-42-15-40-8-3-5-24-6-7-26(29(33)34)13-27(24)30(35)36/h6-7,13,25H,2-5,8-12,14-23H2,1H3,(H,31,32)(H,37,38). The summed E-state index contributed by atoms with van der Waals surface area (Å²) in [6.07, 6.45) is 1.16. The molecule has 0 aromatic heterocycles. The van der Waals surface area contributed by atoms with Gasteiger partial charge in [0.2, 0.25) is 0 Å². The largest absolute Gasteiger partial charge is 0.481 e. The number of hydrogen-bond acceptors (Lipinski definition) is 18. The van der Waals surface area contributed by atoms with Crippen molar-refractivity contribution in [1.82, 2.24) is 0 Å². The first kappa shape index (κ1) is 46.2. The third-order valence-corrected chi connectivity index (χ3v) is 7.53. The molecule has 294 valence electrons. The number of aliphatic carboxylic acids is 1. The van der Waals surface area contributed by atoms with Crippen LogP contribution in [0.2, 0.25) is 0 Å². The number of carbonyl (C=O) groups is 1. The highest BCUT2D eigenvalue weighted by Crippen LogP contribution is 2.44. The Morgan fingerprint density at radius 1 is 0.725 bits per heavy atom.